The first-order chi connectivity index (χ1) is 13.1. The smallest absolute Gasteiger partial charge is 0.244 e. The Bertz CT molecular complexity index is 729. The van der Waals surface area contributed by atoms with Crippen LogP contribution in [0, 0.1) is 6.92 Å². The van der Waals surface area contributed by atoms with Crippen molar-refractivity contribution in [3.05, 3.63) is 47.0 Å². The van der Waals surface area contributed by atoms with Gasteiger partial charge in [0, 0.05) is 31.6 Å². The highest BCUT2D eigenvalue weighted by Gasteiger charge is 2.31. The van der Waals surface area contributed by atoms with E-state index in [2.05, 4.69) is 51.0 Å². The Labute approximate surface area is 166 Å². The van der Waals surface area contributed by atoms with Gasteiger partial charge in [0.1, 0.15) is 6.04 Å². The molecule has 1 atom stereocenters. The van der Waals surface area contributed by atoms with Crippen molar-refractivity contribution in [2.24, 2.45) is 0 Å². The first-order valence-corrected chi connectivity index (χ1v) is 10.8. The molecular formula is C21H30N4OS. The summed E-state index contributed by atoms with van der Waals surface area (Å²) in [5, 5.41) is 3.17. The molecule has 0 bridgehead atoms. The Morgan fingerprint density at radius 3 is 2.52 bits per heavy atom. The third kappa shape index (κ3) is 4.68. The summed E-state index contributed by atoms with van der Waals surface area (Å²) in [4.78, 5) is 24.8. The number of thiazole rings is 1. The number of aryl methyl sites for hydroxylation is 1. The van der Waals surface area contributed by atoms with Crippen LogP contribution in [0.4, 0.5) is 5.13 Å². The van der Waals surface area contributed by atoms with Gasteiger partial charge in [0.25, 0.3) is 0 Å². The summed E-state index contributed by atoms with van der Waals surface area (Å²) in [6.07, 6.45) is 0.976. The standard InChI is InChI=1S/C21H30N4OS/c1-4-23(5-2)19(18-10-7-6-8-11-18)20(26)24-12-9-13-25(15-14-24)21-22-17(3)16-27-21/h6-8,10-11,16,19H,4-5,9,12-15H2,1-3H3. The van der Waals surface area contributed by atoms with Crippen LogP contribution >= 0.6 is 11.3 Å². The van der Waals surface area contributed by atoms with Gasteiger partial charge in [0.15, 0.2) is 5.13 Å². The number of carbonyl (C=O) groups is 1. The zero-order valence-corrected chi connectivity index (χ0v) is 17.4. The second-order valence-corrected chi connectivity index (χ2v) is 7.81. The number of hydrogen-bond donors (Lipinski definition) is 0. The number of amides is 1. The number of hydrogen-bond acceptors (Lipinski definition) is 5. The fraction of sp³-hybridized carbons (Fsp3) is 0.524. The molecule has 6 heteroatoms. The molecule has 1 fully saturated rings. The molecule has 1 aliphatic heterocycles. The lowest BCUT2D eigenvalue weighted by Gasteiger charge is -2.33. The minimum Gasteiger partial charge on any atom is -0.346 e. The summed E-state index contributed by atoms with van der Waals surface area (Å²) >= 11 is 1.69. The summed E-state index contributed by atoms with van der Waals surface area (Å²) in [5.74, 6) is 0.224. The van der Waals surface area contributed by atoms with Crippen molar-refractivity contribution in [3.8, 4) is 0 Å². The van der Waals surface area contributed by atoms with Gasteiger partial charge in [-0.2, -0.15) is 0 Å². The van der Waals surface area contributed by atoms with Crippen molar-refractivity contribution in [2.45, 2.75) is 33.2 Å². The minimum atomic E-state index is -0.199. The van der Waals surface area contributed by atoms with Gasteiger partial charge in [-0.05, 0) is 32.0 Å². The molecule has 146 valence electrons. The van der Waals surface area contributed by atoms with Crippen LogP contribution in [0.15, 0.2) is 35.7 Å². The molecule has 0 aliphatic carbocycles. The second kappa shape index (κ2) is 9.33. The summed E-state index contributed by atoms with van der Waals surface area (Å²) in [6.45, 7) is 11.4. The van der Waals surface area contributed by atoms with E-state index in [0.29, 0.717) is 0 Å². The van der Waals surface area contributed by atoms with E-state index >= 15 is 0 Å². The molecule has 0 N–H and O–H groups in total. The van der Waals surface area contributed by atoms with Crippen molar-refractivity contribution in [1.29, 1.82) is 0 Å². The molecule has 0 saturated carbocycles. The van der Waals surface area contributed by atoms with Crippen LogP contribution in [-0.4, -0.2) is 60.0 Å². The Morgan fingerprint density at radius 2 is 1.89 bits per heavy atom. The molecule has 1 amide bonds. The van der Waals surface area contributed by atoms with E-state index < -0.39 is 0 Å². The third-order valence-electron chi connectivity index (χ3n) is 5.21. The fourth-order valence-corrected chi connectivity index (χ4v) is 4.58. The Balaban J connectivity index is 1.75. The second-order valence-electron chi connectivity index (χ2n) is 6.97. The molecule has 1 saturated heterocycles. The summed E-state index contributed by atoms with van der Waals surface area (Å²) < 4.78 is 0. The van der Waals surface area contributed by atoms with E-state index in [0.717, 1.165) is 62.1 Å². The largest absolute Gasteiger partial charge is 0.346 e. The molecule has 1 aliphatic rings. The molecule has 2 aromatic rings. The first-order valence-electron chi connectivity index (χ1n) is 9.88. The topological polar surface area (TPSA) is 39.7 Å². The number of benzene rings is 1. The molecule has 3 rings (SSSR count). The zero-order chi connectivity index (χ0) is 19.2. The molecule has 1 aromatic heterocycles. The third-order valence-corrected chi connectivity index (χ3v) is 6.23. The highest BCUT2D eigenvalue weighted by Crippen LogP contribution is 2.25. The van der Waals surface area contributed by atoms with Crippen LogP contribution in [0.1, 0.15) is 37.6 Å². The number of anilines is 1. The highest BCUT2D eigenvalue weighted by molar-refractivity contribution is 7.13. The van der Waals surface area contributed by atoms with E-state index in [9.17, 15) is 4.79 Å². The molecule has 0 radical (unpaired) electrons. The highest BCUT2D eigenvalue weighted by atomic mass is 32.1. The van der Waals surface area contributed by atoms with Gasteiger partial charge in [0.2, 0.25) is 5.91 Å². The van der Waals surface area contributed by atoms with Gasteiger partial charge in [-0.3, -0.25) is 9.69 Å². The van der Waals surface area contributed by atoms with Gasteiger partial charge in [-0.1, -0.05) is 44.2 Å². The number of nitrogens with zero attached hydrogens (tertiary/aromatic N) is 4. The van der Waals surface area contributed by atoms with Crippen LogP contribution in [0.3, 0.4) is 0 Å². The molecule has 0 spiro atoms. The molecule has 1 unspecified atom stereocenters. The lowest BCUT2D eigenvalue weighted by atomic mass is 10.0. The van der Waals surface area contributed by atoms with Crippen molar-refractivity contribution >= 4 is 22.4 Å². The van der Waals surface area contributed by atoms with Gasteiger partial charge < -0.3 is 9.80 Å². The maximum atomic E-state index is 13.5. The fourth-order valence-electron chi connectivity index (χ4n) is 3.72. The monoisotopic (exact) mass is 386 g/mol. The summed E-state index contributed by atoms with van der Waals surface area (Å²) in [5.41, 5.74) is 2.15. The Hall–Kier alpha value is -1.92. The average Bonchev–Trinajstić information content (AvgIpc) is 2.98. The number of aromatic nitrogens is 1. The van der Waals surface area contributed by atoms with E-state index in [1.807, 2.05) is 25.1 Å². The summed E-state index contributed by atoms with van der Waals surface area (Å²) in [7, 11) is 0. The van der Waals surface area contributed by atoms with Gasteiger partial charge in [0.05, 0.1) is 5.69 Å². The van der Waals surface area contributed by atoms with E-state index in [4.69, 9.17) is 0 Å². The van der Waals surface area contributed by atoms with Gasteiger partial charge in [-0.15, -0.1) is 11.3 Å². The first kappa shape index (κ1) is 19.8. The van der Waals surface area contributed by atoms with Crippen molar-refractivity contribution < 1.29 is 4.79 Å². The van der Waals surface area contributed by atoms with E-state index in [1.165, 1.54) is 0 Å². The predicted octanol–water partition coefficient (Wildman–Crippen LogP) is 3.57. The van der Waals surface area contributed by atoms with Crippen molar-refractivity contribution in [1.82, 2.24) is 14.8 Å². The minimum absolute atomic E-state index is 0.199. The van der Waals surface area contributed by atoms with Crippen molar-refractivity contribution in [2.75, 3.05) is 44.2 Å². The maximum absolute atomic E-state index is 13.5. The van der Waals surface area contributed by atoms with Gasteiger partial charge in [-0.25, -0.2) is 4.98 Å². The van der Waals surface area contributed by atoms with Crippen LogP contribution < -0.4 is 4.90 Å². The SMILES string of the molecule is CCN(CC)C(C(=O)N1CCCN(c2nc(C)cs2)CC1)c1ccccc1. The Kier molecular flexibility index (Phi) is 6.85. The quantitative estimate of drug-likeness (QED) is 0.761. The van der Waals surface area contributed by atoms with Gasteiger partial charge >= 0.3 is 0 Å². The number of rotatable bonds is 6. The lowest BCUT2D eigenvalue weighted by Crippen LogP contribution is -2.44. The maximum Gasteiger partial charge on any atom is 0.244 e. The van der Waals surface area contributed by atoms with Crippen LogP contribution in [0.5, 0.6) is 0 Å². The molecule has 27 heavy (non-hydrogen) atoms. The van der Waals surface area contributed by atoms with Crippen molar-refractivity contribution in [3.63, 3.8) is 0 Å². The average molecular weight is 387 g/mol. The van der Waals surface area contributed by atoms with E-state index in [1.54, 1.807) is 11.3 Å². The molecule has 2 heterocycles. The molecular weight excluding hydrogens is 356 g/mol. The summed E-state index contributed by atoms with van der Waals surface area (Å²) in [6, 6.07) is 10.00. The van der Waals surface area contributed by atoms with Crippen LogP contribution in [-0.2, 0) is 4.79 Å². The predicted molar refractivity (Wildman–Crippen MR) is 112 cm³/mol. The lowest BCUT2D eigenvalue weighted by molar-refractivity contribution is -0.137. The number of carbonyl (C=O) groups excluding carboxylic acids is 1. The zero-order valence-electron chi connectivity index (χ0n) is 16.6. The Morgan fingerprint density at radius 1 is 1.15 bits per heavy atom. The number of likely N-dealkylation sites (N-methyl/N-ethyl adjacent to an activating group) is 1. The van der Waals surface area contributed by atoms with Crippen LogP contribution in [0.2, 0.25) is 0 Å². The van der Waals surface area contributed by atoms with Crippen LogP contribution in [0.25, 0.3) is 0 Å². The van der Waals surface area contributed by atoms with E-state index in [-0.39, 0.29) is 11.9 Å². The molecule has 1 aromatic carbocycles. The molecule has 5 nitrogen and oxygen atoms in total. The normalized spacial score (nSPS) is 16.4.